The van der Waals surface area contributed by atoms with Gasteiger partial charge in [0.15, 0.2) is 11.7 Å². The Morgan fingerprint density at radius 1 is 1.40 bits per heavy atom. The van der Waals surface area contributed by atoms with Gasteiger partial charge in [0.1, 0.15) is 5.82 Å². The number of nitrogens with one attached hydrogen (secondary N) is 1. The Balaban J connectivity index is 1.97. The molecule has 0 spiro atoms. The average Bonchev–Trinajstić information content (AvgIpc) is 2.90. The molecule has 0 saturated carbocycles. The van der Waals surface area contributed by atoms with E-state index in [1.807, 2.05) is 0 Å². The van der Waals surface area contributed by atoms with E-state index in [2.05, 4.69) is 10.3 Å². The van der Waals surface area contributed by atoms with Crippen molar-refractivity contribution in [3.8, 4) is 11.3 Å². The highest BCUT2D eigenvalue weighted by Crippen LogP contribution is 2.30. The molecule has 2 aromatic rings. The van der Waals surface area contributed by atoms with Crippen LogP contribution in [0, 0.1) is 5.82 Å². The van der Waals surface area contributed by atoms with E-state index in [1.165, 1.54) is 6.07 Å². The summed E-state index contributed by atoms with van der Waals surface area (Å²) in [5.41, 5.74) is 0.512. The second kappa shape index (κ2) is 7.38. The van der Waals surface area contributed by atoms with Crippen molar-refractivity contribution in [1.82, 2.24) is 10.3 Å². The fourth-order valence-corrected chi connectivity index (χ4v) is 1.96. The van der Waals surface area contributed by atoms with E-state index in [0.717, 1.165) is 13.1 Å². The summed E-state index contributed by atoms with van der Waals surface area (Å²) >= 11 is 5.91. The number of oxazole rings is 1. The van der Waals surface area contributed by atoms with Gasteiger partial charge < -0.3 is 14.5 Å². The molecule has 2 rings (SSSR count). The van der Waals surface area contributed by atoms with E-state index in [4.69, 9.17) is 20.8 Å². The van der Waals surface area contributed by atoms with Crippen molar-refractivity contribution in [3.63, 3.8) is 0 Å². The van der Waals surface area contributed by atoms with Crippen molar-refractivity contribution >= 4 is 11.6 Å². The molecule has 108 valence electrons. The van der Waals surface area contributed by atoms with Crippen LogP contribution < -0.4 is 5.32 Å². The molecule has 0 aliphatic carbocycles. The van der Waals surface area contributed by atoms with Crippen LogP contribution in [0.25, 0.3) is 11.3 Å². The van der Waals surface area contributed by atoms with Crippen LogP contribution >= 0.6 is 11.6 Å². The molecular weight excluding hydrogens is 283 g/mol. The number of hydrogen-bond acceptors (Lipinski definition) is 4. The lowest BCUT2D eigenvalue weighted by Gasteiger charge is -2.02. The van der Waals surface area contributed by atoms with Gasteiger partial charge in [-0.1, -0.05) is 17.7 Å². The fourth-order valence-electron chi connectivity index (χ4n) is 1.74. The van der Waals surface area contributed by atoms with Crippen molar-refractivity contribution in [2.45, 2.75) is 6.42 Å². The smallest absolute Gasteiger partial charge is 0.196 e. The highest BCUT2D eigenvalue weighted by atomic mass is 35.5. The standard InChI is InChI=1S/C14H16ClFN2O2/c1-19-8-7-17-6-5-13-18-9-12(20-13)10-3-2-4-11(16)14(10)15/h2-4,9,17H,5-8H2,1H3. The molecule has 0 unspecified atom stereocenters. The molecular formula is C14H16ClFN2O2. The SMILES string of the molecule is COCCNCCc1ncc(-c2cccc(F)c2Cl)o1. The van der Waals surface area contributed by atoms with Gasteiger partial charge in [0, 0.05) is 32.2 Å². The minimum Gasteiger partial charge on any atom is -0.441 e. The normalized spacial score (nSPS) is 10.9. The second-order valence-corrected chi connectivity index (χ2v) is 4.59. The van der Waals surface area contributed by atoms with Crippen molar-refractivity contribution in [3.05, 3.63) is 41.1 Å². The maximum atomic E-state index is 13.4. The van der Waals surface area contributed by atoms with Crippen LogP contribution in [-0.2, 0) is 11.2 Å². The summed E-state index contributed by atoms with van der Waals surface area (Å²) in [5, 5.41) is 3.24. The molecule has 6 heteroatoms. The maximum absolute atomic E-state index is 13.4. The molecule has 0 aliphatic heterocycles. The molecule has 1 aromatic heterocycles. The molecule has 0 aliphatic rings. The molecule has 0 fully saturated rings. The van der Waals surface area contributed by atoms with Gasteiger partial charge in [0.25, 0.3) is 0 Å². The number of ether oxygens (including phenoxy) is 1. The number of methoxy groups -OCH3 is 1. The van der Waals surface area contributed by atoms with Crippen LogP contribution in [0.1, 0.15) is 5.89 Å². The molecule has 0 bridgehead atoms. The topological polar surface area (TPSA) is 47.3 Å². The van der Waals surface area contributed by atoms with Gasteiger partial charge in [-0.2, -0.15) is 0 Å². The average molecular weight is 299 g/mol. The van der Waals surface area contributed by atoms with E-state index in [0.29, 0.717) is 30.2 Å². The number of halogens is 2. The fraction of sp³-hybridized carbons (Fsp3) is 0.357. The van der Waals surface area contributed by atoms with E-state index in [1.54, 1.807) is 25.4 Å². The first kappa shape index (κ1) is 15.0. The summed E-state index contributed by atoms with van der Waals surface area (Å²) in [7, 11) is 1.66. The molecule has 1 heterocycles. The molecule has 0 saturated heterocycles. The minimum absolute atomic E-state index is 0.0495. The largest absolute Gasteiger partial charge is 0.441 e. The third kappa shape index (κ3) is 3.79. The molecule has 1 N–H and O–H groups in total. The Labute approximate surface area is 121 Å². The highest BCUT2D eigenvalue weighted by Gasteiger charge is 2.12. The third-order valence-electron chi connectivity index (χ3n) is 2.77. The summed E-state index contributed by atoms with van der Waals surface area (Å²) in [5.74, 6) is 0.593. The lowest BCUT2D eigenvalue weighted by atomic mass is 10.2. The van der Waals surface area contributed by atoms with Gasteiger partial charge in [-0.3, -0.25) is 0 Å². The van der Waals surface area contributed by atoms with Gasteiger partial charge in [0.2, 0.25) is 0 Å². The predicted molar refractivity (Wildman–Crippen MR) is 75.4 cm³/mol. The van der Waals surface area contributed by atoms with Crippen molar-refractivity contribution < 1.29 is 13.5 Å². The zero-order valence-electron chi connectivity index (χ0n) is 11.2. The Morgan fingerprint density at radius 3 is 3.05 bits per heavy atom. The second-order valence-electron chi connectivity index (χ2n) is 4.21. The number of hydrogen-bond donors (Lipinski definition) is 1. The van der Waals surface area contributed by atoms with Gasteiger partial charge in [-0.05, 0) is 12.1 Å². The number of nitrogens with zero attached hydrogens (tertiary/aromatic N) is 1. The van der Waals surface area contributed by atoms with E-state index < -0.39 is 5.82 Å². The predicted octanol–water partition coefficient (Wildman–Crippen LogP) is 2.91. The van der Waals surface area contributed by atoms with Gasteiger partial charge in [-0.25, -0.2) is 9.37 Å². The van der Waals surface area contributed by atoms with Gasteiger partial charge in [0.05, 0.1) is 17.8 Å². The van der Waals surface area contributed by atoms with Crippen LogP contribution in [0.5, 0.6) is 0 Å². The van der Waals surface area contributed by atoms with Crippen molar-refractivity contribution in [2.24, 2.45) is 0 Å². The zero-order valence-corrected chi connectivity index (χ0v) is 11.9. The van der Waals surface area contributed by atoms with Crippen molar-refractivity contribution in [1.29, 1.82) is 0 Å². The van der Waals surface area contributed by atoms with E-state index in [-0.39, 0.29) is 5.02 Å². The maximum Gasteiger partial charge on any atom is 0.196 e. The lowest BCUT2D eigenvalue weighted by Crippen LogP contribution is -2.21. The Hall–Kier alpha value is -1.43. The van der Waals surface area contributed by atoms with Crippen molar-refractivity contribution in [2.75, 3.05) is 26.8 Å². The van der Waals surface area contributed by atoms with Crippen LogP contribution in [0.2, 0.25) is 5.02 Å². The highest BCUT2D eigenvalue weighted by molar-refractivity contribution is 6.33. The summed E-state index contributed by atoms with van der Waals surface area (Å²) < 4.78 is 23.9. The van der Waals surface area contributed by atoms with Crippen LogP contribution in [0.3, 0.4) is 0 Å². The lowest BCUT2D eigenvalue weighted by molar-refractivity contribution is 0.199. The Morgan fingerprint density at radius 2 is 2.25 bits per heavy atom. The van der Waals surface area contributed by atoms with Crippen LogP contribution in [0.15, 0.2) is 28.8 Å². The van der Waals surface area contributed by atoms with E-state index in [9.17, 15) is 4.39 Å². The summed E-state index contributed by atoms with van der Waals surface area (Å²) in [4.78, 5) is 4.16. The first-order chi connectivity index (χ1) is 9.72. The third-order valence-corrected chi connectivity index (χ3v) is 3.15. The van der Waals surface area contributed by atoms with Crippen LogP contribution in [0.4, 0.5) is 4.39 Å². The summed E-state index contributed by atoms with van der Waals surface area (Å²) in [6.07, 6.45) is 2.21. The van der Waals surface area contributed by atoms with E-state index >= 15 is 0 Å². The summed E-state index contributed by atoms with van der Waals surface area (Å²) in [6, 6.07) is 4.60. The van der Waals surface area contributed by atoms with Crippen LogP contribution in [-0.4, -0.2) is 31.8 Å². The first-order valence-electron chi connectivity index (χ1n) is 6.31. The molecule has 0 amide bonds. The van der Waals surface area contributed by atoms with Gasteiger partial charge in [-0.15, -0.1) is 0 Å². The Bertz CT molecular complexity index is 560. The molecule has 0 radical (unpaired) electrons. The Kier molecular flexibility index (Phi) is 5.52. The quantitative estimate of drug-likeness (QED) is 0.799. The molecule has 1 aromatic carbocycles. The number of aromatic nitrogens is 1. The first-order valence-corrected chi connectivity index (χ1v) is 6.69. The minimum atomic E-state index is -0.469. The summed E-state index contributed by atoms with van der Waals surface area (Å²) in [6.45, 7) is 2.18. The molecule has 20 heavy (non-hydrogen) atoms. The monoisotopic (exact) mass is 298 g/mol. The molecule has 0 atom stereocenters. The number of benzene rings is 1. The van der Waals surface area contributed by atoms with Gasteiger partial charge >= 0.3 is 0 Å². The number of rotatable bonds is 7. The zero-order chi connectivity index (χ0) is 14.4. The molecule has 4 nitrogen and oxygen atoms in total.